The van der Waals surface area contributed by atoms with Crippen LogP contribution >= 0.6 is 23.2 Å². The normalized spacial score (nSPS) is 10.1. The summed E-state index contributed by atoms with van der Waals surface area (Å²) < 4.78 is 0. The maximum atomic E-state index is 12.1. The average molecular weight is 312 g/mol. The maximum absolute atomic E-state index is 12.1. The number of anilines is 1. The number of rotatable bonds is 3. The summed E-state index contributed by atoms with van der Waals surface area (Å²) in [5.41, 5.74) is -0.202. The molecule has 0 spiro atoms. The molecule has 6 nitrogen and oxygen atoms in total. The molecule has 0 saturated heterocycles. The number of aromatic nitrogens is 1. The van der Waals surface area contributed by atoms with Gasteiger partial charge in [-0.15, -0.1) is 0 Å². The zero-order chi connectivity index (χ0) is 14.7. The number of nitro groups is 1. The molecule has 0 aliphatic carbocycles. The smallest absolute Gasteiger partial charge is 0.283 e. The van der Waals surface area contributed by atoms with Gasteiger partial charge >= 0.3 is 0 Å². The second kappa shape index (κ2) is 5.85. The number of nitrogens with one attached hydrogen (secondary N) is 1. The van der Waals surface area contributed by atoms with Gasteiger partial charge in [-0.3, -0.25) is 14.9 Å². The molecule has 8 heteroatoms. The molecule has 102 valence electrons. The lowest BCUT2D eigenvalue weighted by atomic mass is 10.1. The van der Waals surface area contributed by atoms with Gasteiger partial charge < -0.3 is 5.32 Å². The fourth-order valence-corrected chi connectivity index (χ4v) is 1.99. The third-order valence-electron chi connectivity index (χ3n) is 2.40. The lowest BCUT2D eigenvalue weighted by Gasteiger charge is -2.07. The molecule has 0 bridgehead atoms. The first-order chi connectivity index (χ1) is 9.49. The van der Waals surface area contributed by atoms with Gasteiger partial charge in [0.2, 0.25) is 0 Å². The number of carbonyl (C=O) groups excluding carboxylic acids is 1. The Bertz CT molecular complexity index is 691. The zero-order valence-corrected chi connectivity index (χ0v) is 11.4. The predicted molar refractivity (Wildman–Crippen MR) is 75.3 cm³/mol. The lowest BCUT2D eigenvalue weighted by molar-refractivity contribution is -0.385. The van der Waals surface area contributed by atoms with E-state index in [1.807, 2.05) is 0 Å². The summed E-state index contributed by atoms with van der Waals surface area (Å²) in [6.07, 6.45) is 1.40. The number of benzene rings is 1. The molecule has 2 rings (SSSR count). The molecule has 1 N–H and O–H groups in total. The number of pyridine rings is 1. The van der Waals surface area contributed by atoms with Crippen molar-refractivity contribution in [2.24, 2.45) is 0 Å². The highest BCUT2D eigenvalue weighted by molar-refractivity contribution is 6.35. The molecule has 0 saturated carbocycles. The van der Waals surface area contributed by atoms with E-state index in [0.717, 1.165) is 0 Å². The number of hydrogen-bond acceptors (Lipinski definition) is 4. The second-order valence-electron chi connectivity index (χ2n) is 3.71. The van der Waals surface area contributed by atoms with Gasteiger partial charge in [0.25, 0.3) is 11.6 Å². The molecule has 1 aromatic heterocycles. The Kier molecular flexibility index (Phi) is 4.16. The summed E-state index contributed by atoms with van der Waals surface area (Å²) >= 11 is 11.6. The Hall–Kier alpha value is -2.18. The van der Waals surface area contributed by atoms with Crippen LogP contribution in [-0.4, -0.2) is 15.8 Å². The largest absolute Gasteiger partial charge is 0.322 e. The van der Waals surface area contributed by atoms with E-state index in [0.29, 0.717) is 5.69 Å². The van der Waals surface area contributed by atoms with Gasteiger partial charge in [0.15, 0.2) is 0 Å². The highest BCUT2D eigenvalue weighted by Gasteiger charge is 2.23. The fourth-order valence-electron chi connectivity index (χ4n) is 1.56. The van der Waals surface area contributed by atoms with Gasteiger partial charge in [0.1, 0.15) is 10.7 Å². The minimum absolute atomic E-state index is 0.00291. The van der Waals surface area contributed by atoms with Crippen molar-refractivity contribution in [3.63, 3.8) is 0 Å². The Morgan fingerprint density at radius 1 is 1.30 bits per heavy atom. The van der Waals surface area contributed by atoms with Crippen molar-refractivity contribution in [1.29, 1.82) is 0 Å². The molecular weight excluding hydrogens is 305 g/mol. The first-order valence-corrected chi connectivity index (χ1v) is 6.10. The third kappa shape index (κ3) is 3.04. The van der Waals surface area contributed by atoms with Gasteiger partial charge in [0.05, 0.1) is 9.95 Å². The summed E-state index contributed by atoms with van der Waals surface area (Å²) in [4.78, 5) is 26.1. The van der Waals surface area contributed by atoms with Crippen LogP contribution in [0.4, 0.5) is 11.4 Å². The van der Waals surface area contributed by atoms with E-state index in [1.165, 1.54) is 36.5 Å². The van der Waals surface area contributed by atoms with Gasteiger partial charge in [0, 0.05) is 18.0 Å². The number of hydrogen-bond donors (Lipinski definition) is 1. The van der Waals surface area contributed by atoms with Crippen molar-refractivity contribution >= 4 is 40.5 Å². The molecule has 20 heavy (non-hydrogen) atoms. The average Bonchev–Trinajstić information content (AvgIpc) is 2.38. The standard InChI is InChI=1S/C12H7Cl2N3O3/c13-8-2-1-3-9(17(19)20)11(8)12(18)16-7-4-5-15-10(14)6-7/h1-6H,(H,15,16,18). The molecule has 1 aromatic carbocycles. The van der Waals surface area contributed by atoms with Gasteiger partial charge in [-0.1, -0.05) is 29.3 Å². The van der Waals surface area contributed by atoms with Gasteiger partial charge in [-0.05, 0) is 18.2 Å². The molecule has 1 heterocycles. The quantitative estimate of drug-likeness (QED) is 0.533. The molecule has 2 aromatic rings. The van der Waals surface area contributed by atoms with E-state index >= 15 is 0 Å². The van der Waals surface area contributed by atoms with Gasteiger partial charge in [-0.2, -0.15) is 0 Å². The molecular formula is C12H7Cl2N3O3. The van der Waals surface area contributed by atoms with Crippen molar-refractivity contribution in [1.82, 2.24) is 4.98 Å². The summed E-state index contributed by atoms with van der Waals surface area (Å²) in [7, 11) is 0. The minimum Gasteiger partial charge on any atom is -0.322 e. The Morgan fingerprint density at radius 2 is 2.05 bits per heavy atom. The van der Waals surface area contributed by atoms with E-state index in [4.69, 9.17) is 23.2 Å². The van der Waals surface area contributed by atoms with E-state index in [1.54, 1.807) is 0 Å². The fraction of sp³-hybridized carbons (Fsp3) is 0. The monoisotopic (exact) mass is 311 g/mol. The van der Waals surface area contributed by atoms with Crippen molar-refractivity contribution < 1.29 is 9.72 Å². The van der Waals surface area contributed by atoms with Crippen LogP contribution in [0.3, 0.4) is 0 Å². The molecule has 0 unspecified atom stereocenters. The number of amides is 1. The van der Waals surface area contributed by atoms with Crippen molar-refractivity contribution in [3.8, 4) is 0 Å². The third-order valence-corrected chi connectivity index (χ3v) is 2.92. The highest BCUT2D eigenvalue weighted by Crippen LogP contribution is 2.27. The second-order valence-corrected chi connectivity index (χ2v) is 4.51. The number of nitrogens with zero attached hydrogens (tertiary/aromatic N) is 2. The Labute approximate surface area is 123 Å². The minimum atomic E-state index is -0.690. The molecule has 0 aliphatic rings. The number of halogens is 2. The number of nitro benzene ring substituents is 1. The van der Waals surface area contributed by atoms with Crippen LogP contribution in [0.25, 0.3) is 0 Å². The summed E-state index contributed by atoms with van der Waals surface area (Å²) in [5.74, 6) is -0.690. The molecule has 0 radical (unpaired) electrons. The van der Waals surface area contributed by atoms with Crippen LogP contribution in [0, 0.1) is 10.1 Å². The summed E-state index contributed by atoms with van der Waals surface area (Å²) in [6, 6.07) is 6.94. The van der Waals surface area contributed by atoms with Crippen molar-refractivity contribution in [2.75, 3.05) is 5.32 Å². The molecule has 0 aliphatic heterocycles. The SMILES string of the molecule is O=C(Nc1ccnc(Cl)c1)c1c(Cl)cccc1[N+](=O)[O-]. The lowest BCUT2D eigenvalue weighted by Crippen LogP contribution is -2.14. The molecule has 1 amide bonds. The van der Waals surface area contributed by atoms with E-state index in [-0.39, 0.29) is 21.4 Å². The van der Waals surface area contributed by atoms with E-state index < -0.39 is 10.8 Å². The van der Waals surface area contributed by atoms with Crippen LogP contribution in [0.2, 0.25) is 10.2 Å². The highest BCUT2D eigenvalue weighted by atomic mass is 35.5. The number of carbonyl (C=O) groups is 1. The van der Waals surface area contributed by atoms with Crippen molar-refractivity contribution in [2.45, 2.75) is 0 Å². The van der Waals surface area contributed by atoms with E-state index in [9.17, 15) is 14.9 Å². The zero-order valence-electron chi connectivity index (χ0n) is 9.84. The summed E-state index contributed by atoms with van der Waals surface area (Å²) in [6.45, 7) is 0. The Morgan fingerprint density at radius 3 is 2.70 bits per heavy atom. The van der Waals surface area contributed by atoms with Crippen LogP contribution in [0.5, 0.6) is 0 Å². The van der Waals surface area contributed by atoms with Crippen LogP contribution in [-0.2, 0) is 0 Å². The summed E-state index contributed by atoms with van der Waals surface area (Å²) in [5, 5.41) is 13.6. The van der Waals surface area contributed by atoms with Crippen LogP contribution in [0.1, 0.15) is 10.4 Å². The Balaban J connectivity index is 2.37. The van der Waals surface area contributed by atoms with Crippen LogP contribution < -0.4 is 5.32 Å². The first-order valence-electron chi connectivity index (χ1n) is 5.35. The molecule has 0 atom stereocenters. The van der Waals surface area contributed by atoms with Gasteiger partial charge in [-0.25, -0.2) is 4.98 Å². The first kappa shape index (κ1) is 14.2. The predicted octanol–water partition coefficient (Wildman–Crippen LogP) is 3.55. The van der Waals surface area contributed by atoms with Crippen LogP contribution in [0.15, 0.2) is 36.5 Å². The maximum Gasteiger partial charge on any atom is 0.283 e. The topological polar surface area (TPSA) is 85.1 Å². The van der Waals surface area contributed by atoms with Crippen molar-refractivity contribution in [3.05, 3.63) is 62.4 Å². The molecule has 0 fully saturated rings. The van der Waals surface area contributed by atoms with E-state index in [2.05, 4.69) is 10.3 Å².